The highest BCUT2D eigenvalue weighted by molar-refractivity contribution is 6.32. The standard InChI is InChI=1S/C32H26ClN3O3/c1-32(20-34)31(37)36(28-18-13-24(33)19-27(28)29(35-32)21-7-5-4-6-8-21)30(22-9-14-25(38-2)15-10-22)23-11-16-26(39-3)17-12-23/h4-19,30H,1-3H3/t32-/m1/s1. The number of benzodiazepines with no additional fused rings is 1. The van der Waals surface area contributed by atoms with Crippen LogP contribution in [-0.4, -0.2) is 31.4 Å². The van der Waals surface area contributed by atoms with Crippen molar-refractivity contribution in [3.05, 3.63) is 124 Å². The van der Waals surface area contributed by atoms with E-state index in [4.69, 9.17) is 26.1 Å². The molecule has 0 aromatic heterocycles. The number of hydrogen-bond donors (Lipinski definition) is 0. The van der Waals surface area contributed by atoms with Crippen molar-refractivity contribution >= 4 is 28.9 Å². The number of ether oxygens (including phenoxy) is 2. The van der Waals surface area contributed by atoms with E-state index in [1.54, 1.807) is 38.2 Å². The summed E-state index contributed by atoms with van der Waals surface area (Å²) in [6.45, 7) is 1.55. The van der Waals surface area contributed by atoms with Crippen molar-refractivity contribution in [2.45, 2.75) is 18.5 Å². The second-order valence-corrected chi connectivity index (χ2v) is 9.73. The minimum absolute atomic E-state index is 0.448. The molecule has 0 aliphatic carbocycles. The van der Waals surface area contributed by atoms with Crippen molar-refractivity contribution in [2.75, 3.05) is 19.1 Å². The van der Waals surface area contributed by atoms with E-state index in [2.05, 4.69) is 6.07 Å². The highest BCUT2D eigenvalue weighted by Crippen LogP contribution is 2.41. The van der Waals surface area contributed by atoms with E-state index < -0.39 is 17.5 Å². The third-order valence-electron chi connectivity index (χ3n) is 6.83. The van der Waals surface area contributed by atoms with E-state index in [1.165, 1.54) is 0 Å². The third kappa shape index (κ3) is 4.85. The van der Waals surface area contributed by atoms with E-state index in [9.17, 15) is 10.1 Å². The van der Waals surface area contributed by atoms with Crippen molar-refractivity contribution in [3.8, 4) is 17.6 Å². The first-order chi connectivity index (χ1) is 18.9. The average Bonchev–Trinajstić information content (AvgIpc) is 3.07. The Hall–Kier alpha value is -4.60. The van der Waals surface area contributed by atoms with E-state index in [1.807, 2.05) is 84.9 Å². The van der Waals surface area contributed by atoms with Crippen molar-refractivity contribution in [1.82, 2.24) is 0 Å². The Balaban J connectivity index is 1.81. The third-order valence-corrected chi connectivity index (χ3v) is 7.07. The van der Waals surface area contributed by atoms with Gasteiger partial charge in [-0.15, -0.1) is 0 Å². The van der Waals surface area contributed by atoms with Crippen LogP contribution in [0.15, 0.2) is 102 Å². The summed E-state index contributed by atoms with van der Waals surface area (Å²) in [5.74, 6) is 0.937. The van der Waals surface area contributed by atoms with Gasteiger partial charge in [-0.05, 0) is 60.5 Å². The van der Waals surface area contributed by atoms with Gasteiger partial charge in [0, 0.05) is 16.1 Å². The minimum Gasteiger partial charge on any atom is -0.497 e. The first-order valence-electron chi connectivity index (χ1n) is 12.4. The summed E-state index contributed by atoms with van der Waals surface area (Å²) in [6.07, 6.45) is 0. The normalized spacial score (nSPS) is 16.7. The molecule has 4 aromatic rings. The number of anilines is 1. The number of hydrogen-bond acceptors (Lipinski definition) is 5. The molecule has 1 aliphatic rings. The van der Waals surface area contributed by atoms with Gasteiger partial charge < -0.3 is 9.47 Å². The second kappa shape index (κ2) is 10.6. The molecule has 0 saturated carbocycles. The number of rotatable bonds is 6. The number of carbonyl (C=O) groups excluding carboxylic acids is 1. The maximum Gasteiger partial charge on any atom is 0.270 e. The lowest BCUT2D eigenvalue weighted by molar-refractivity contribution is -0.121. The molecule has 0 unspecified atom stereocenters. The number of halogens is 1. The summed E-state index contributed by atoms with van der Waals surface area (Å²) in [5, 5.41) is 10.9. The van der Waals surface area contributed by atoms with Crippen LogP contribution in [0, 0.1) is 11.3 Å². The van der Waals surface area contributed by atoms with Gasteiger partial charge in [0.15, 0.2) is 0 Å². The summed E-state index contributed by atoms with van der Waals surface area (Å²) >= 11 is 6.50. The van der Waals surface area contributed by atoms with Gasteiger partial charge in [0.2, 0.25) is 5.54 Å². The molecule has 0 fully saturated rings. The zero-order chi connectivity index (χ0) is 27.6. The van der Waals surface area contributed by atoms with Gasteiger partial charge >= 0.3 is 0 Å². The molecule has 0 radical (unpaired) electrons. The summed E-state index contributed by atoms with van der Waals surface area (Å²) in [7, 11) is 3.21. The quantitative estimate of drug-likeness (QED) is 0.278. The fraction of sp³-hybridized carbons (Fsp3) is 0.156. The summed E-state index contributed by atoms with van der Waals surface area (Å²) in [6, 6.07) is 31.6. The zero-order valence-electron chi connectivity index (χ0n) is 21.8. The Morgan fingerprint density at radius 2 is 1.44 bits per heavy atom. The fourth-order valence-corrected chi connectivity index (χ4v) is 4.96. The molecule has 6 nitrogen and oxygen atoms in total. The Kier molecular flexibility index (Phi) is 7.10. The monoisotopic (exact) mass is 535 g/mol. The van der Waals surface area contributed by atoms with Gasteiger partial charge in [-0.2, -0.15) is 5.26 Å². The Morgan fingerprint density at radius 1 is 0.872 bits per heavy atom. The van der Waals surface area contributed by atoms with Crippen LogP contribution in [0.25, 0.3) is 0 Å². The predicted molar refractivity (Wildman–Crippen MR) is 153 cm³/mol. The van der Waals surface area contributed by atoms with Crippen molar-refractivity contribution < 1.29 is 14.3 Å². The van der Waals surface area contributed by atoms with E-state index in [0.29, 0.717) is 33.5 Å². The first-order valence-corrected chi connectivity index (χ1v) is 12.7. The number of methoxy groups -OCH3 is 2. The molecule has 1 heterocycles. The van der Waals surface area contributed by atoms with Gasteiger partial charge in [-0.1, -0.05) is 66.2 Å². The summed E-state index contributed by atoms with van der Waals surface area (Å²) in [4.78, 5) is 20.9. The average molecular weight is 536 g/mol. The molecule has 0 saturated heterocycles. The van der Waals surface area contributed by atoms with Crippen LogP contribution >= 0.6 is 11.6 Å². The van der Waals surface area contributed by atoms with E-state index >= 15 is 0 Å². The molecule has 39 heavy (non-hydrogen) atoms. The summed E-state index contributed by atoms with van der Waals surface area (Å²) < 4.78 is 10.8. The maximum atomic E-state index is 14.5. The number of carbonyl (C=O) groups is 1. The minimum atomic E-state index is -1.70. The van der Waals surface area contributed by atoms with Crippen LogP contribution < -0.4 is 14.4 Å². The molecule has 0 spiro atoms. The molecule has 5 rings (SSSR count). The highest BCUT2D eigenvalue weighted by Gasteiger charge is 2.45. The maximum absolute atomic E-state index is 14.5. The van der Waals surface area contributed by atoms with Crippen molar-refractivity contribution in [1.29, 1.82) is 5.26 Å². The van der Waals surface area contributed by atoms with Gasteiger partial charge in [-0.3, -0.25) is 14.7 Å². The second-order valence-electron chi connectivity index (χ2n) is 9.30. The lowest BCUT2D eigenvalue weighted by Gasteiger charge is -2.35. The number of nitriles is 1. The number of nitrogens with zero attached hydrogens (tertiary/aromatic N) is 3. The Bertz CT molecular complexity index is 1530. The molecular weight excluding hydrogens is 510 g/mol. The molecule has 0 N–H and O–H groups in total. The van der Waals surface area contributed by atoms with Crippen molar-refractivity contribution in [3.63, 3.8) is 0 Å². The lowest BCUT2D eigenvalue weighted by Crippen LogP contribution is -2.47. The van der Waals surface area contributed by atoms with Crippen LogP contribution in [0.3, 0.4) is 0 Å². The highest BCUT2D eigenvalue weighted by atomic mass is 35.5. The van der Waals surface area contributed by atoms with E-state index in [-0.39, 0.29) is 0 Å². The Morgan fingerprint density at radius 3 is 1.95 bits per heavy atom. The van der Waals surface area contributed by atoms with Crippen LogP contribution in [0.4, 0.5) is 5.69 Å². The SMILES string of the molecule is COc1ccc(C(c2ccc(OC)cc2)N2C(=O)[C@@](C)(C#N)N=C(c3ccccc3)c3cc(Cl)ccc32)cc1. The molecule has 0 bridgehead atoms. The predicted octanol–water partition coefficient (Wildman–Crippen LogP) is 6.61. The largest absolute Gasteiger partial charge is 0.497 e. The molecule has 1 amide bonds. The number of fused-ring (bicyclic) bond motifs is 1. The zero-order valence-corrected chi connectivity index (χ0v) is 22.5. The molecule has 194 valence electrons. The molecule has 4 aromatic carbocycles. The molecular formula is C32H26ClN3O3. The van der Waals surface area contributed by atoms with E-state index in [0.717, 1.165) is 16.7 Å². The van der Waals surface area contributed by atoms with Crippen LogP contribution in [-0.2, 0) is 4.79 Å². The topological polar surface area (TPSA) is 74.9 Å². The lowest BCUT2D eigenvalue weighted by atomic mass is 9.93. The number of amides is 1. The van der Waals surface area contributed by atoms with Gasteiger partial charge in [0.05, 0.1) is 31.7 Å². The fourth-order valence-electron chi connectivity index (χ4n) is 4.79. The molecule has 7 heteroatoms. The van der Waals surface area contributed by atoms with Gasteiger partial charge in [0.1, 0.15) is 17.6 Å². The van der Waals surface area contributed by atoms with Crippen LogP contribution in [0.2, 0.25) is 5.02 Å². The number of aliphatic imine (C=N–C) groups is 1. The smallest absolute Gasteiger partial charge is 0.270 e. The molecule has 1 aliphatic heterocycles. The first kappa shape index (κ1) is 26.0. The van der Waals surface area contributed by atoms with Gasteiger partial charge in [-0.25, -0.2) is 0 Å². The van der Waals surface area contributed by atoms with Crippen LogP contribution in [0.5, 0.6) is 11.5 Å². The Labute approximate surface area is 232 Å². The number of benzene rings is 4. The van der Waals surface area contributed by atoms with Crippen molar-refractivity contribution in [2.24, 2.45) is 4.99 Å². The molecule has 1 atom stereocenters. The van der Waals surface area contributed by atoms with Crippen LogP contribution in [0.1, 0.15) is 35.2 Å². The summed E-state index contributed by atoms with van der Waals surface area (Å²) in [5.41, 5.74) is 2.53. The van der Waals surface area contributed by atoms with Gasteiger partial charge in [0.25, 0.3) is 5.91 Å².